The minimum atomic E-state index is -4.46. The number of nitrogens with two attached hydrogens (primary N) is 1. The van der Waals surface area contributed by atoms with Gasteiger partial charge in [-0.15, -0.1) is 0 Å². The Bertz CT molecular complexity index is 351. The second-order valence-corrected chi connectivity index (χ2v) is 3.43. The number of halogens is 4. The Labute approximate surface area is 87.0 Å². The van der Waals surface area contributed by atoms with E-state index >= 15 is 0 Å². The van der Waals surface area contributed by atoms with Gasteiger partial charge in [-0.05, 0) is 22.0 Å². The van der Waals surface area contributed by atoms with Gasteiger partial charge in [0.2, 0.25) is 0 Å². The van der Waals surface area contributed by atoms with Crippen LogP contribution in [0.1, 0.15) is 5.56 Å². The van der Waals surface area contributed by atoms with Gasteiger partial charge in [0.25, 0.3) is 0 Å². The molecule has 0 fully saturated rings. The van der Waals surface area contributed by atoms with Crippen LogP contribution in [-0.2, 0) is 6.18 Å². The molecule has 1 aromatic rings. The number of ether oxygens (including phenoxy) is 1. The maximum Gasteiger partial charge on any atom is 0.421 e. The maximum atomic E-state index is 12.5. The predicted molar refractivity (Wildman–Crippen MR) is 50.1 cm³/mol. The lowest BCUT2D eigenvalue weighted by molar-refractivity contribution is -0.139. The predicted octanol–water partition coefficient (Wildman–Crippen LogP) is 3.06. The Hall–Kier alpha value is -0.910. The fourth-order valence-electron chi connectivity index (χ4n) is 1.04. The van der Waals surface area contributed by atoms with E-state index in [-0.39, 0.29) is 15.9 Å². The van der Waals surface area contributed by atoms with Crippen LogP contribution in [0.3, 0.4) is 0 Å². The molecule has 0 spiro atoms. The lowest BCUT2D eigenvalue weighted by atomic mass is 10.2. The third-order valence-corrected chi connectivity index (χ3v) is 2.21. The van der Waals surface area contributed by atoms with Gasteiger partial charge in [0, 0.05) is 16.2 Å². The van der Waals surface area contributed by atoms with Crippen LogP contribution in [-0.4, -0.2) is 7.11 Å². The van der Waals surface area contributed by atoms with Crippen LogP contribution < -0.4 is 10.5 Å². The molecular formula is C8H7BrF3NO. The quantitative estimate of drug-likeness (QED) is 0.796. The van der Waals surface area contributed by atoms with Crippen LogP contribution in [0.25, 0.3) is 0 Å². The first kappa shape index (κ1) is 11.2. The summed E-state index contributed by atoms with van der Waals surface area (Å²) < 4.78 is 41.9. The van der Waals surface area contributed by atoms with Crippen molar-refractivity contribution in [2.75, 3.05) is 12.8 Å². The molecule has 0 saturated heterocycles. The summed E-state index contributed by atoms with van der Waals surface area (Å²) in [6, 6.07) is 2.32. The Morgan fingerprint density at radius 3 is 2.36 bits per heavy atom. The number of hydrogen-bond donors (Lipinski definition) is 1. The van der Waals surface area contributed by atoms with E-state index in [1.165, 1.54) is 6.07 Å². The summed E-state index contributed by atoms with van der Waals surface area (Å²) in [6.45, 7) is 0. The van der Waals surface area contributed by atoms with Crippen LogP contribution in [0.2, 0.25) is 0 Å². The van der Waals surface area contributed by atoms with Crippen molar-refractivity contribution in [3.63, 3.8) is 0 Å². The van der Waals surface area contributed by atoms with Gasteiger partial charge in [0.15, 0.2) is 0 Å². The summed E-state index contributed by atoms with van der Waals surface area (Å²) >= 11 is 2.79. The highest BCUT2D eigenvalue weighted by atomic mass is 79.9. The number of hydrogen-bond acceptors (Lipinski definition) is 2. The smallest absolute Gasteiger partial charge is 0.421 e. The summed E-state index contributed by atoms with van der Waals surface area (Å²) in [6.07, 6.45) is -4.46. The largest absolute Gasteiger partial charge is 0.496 e. The number of benzene rings is 1. The first-order valence-corrected chi connectivity index (χ1v) is 4.35. The van der Waals surface area contributed by atoms with Gasteiger partial charge in [-0.25, -0.2) is 0 Å². The molecule has 0 aliphatic heterocycles. The second kappa shape index (κ2) is 3.68. The summed E-state index contributed by atoms with van der Waals surface area (Å²) in [7, 11) is 1.16. The van der Waals surface area contributed by atoms with Gasteiger partial charge in [0.1, 0.15) is 11.3 Å². The minimum Gasteiger partial charge on any atom is -0.496 e. The Kier molecular flexibility index (Phi) is 2.94. The topological polar surface area (TPSA) is 35.2 Å². The highest BCUT2D eigenvalue weighted by Crippen LogP contribution is 2.42. The Morgan fingerprint density at radius 2 is 1.93 bits per heavy atom. The van der Waals surface area contributed by atoms with Crippen molar-refractivity contribution in [2.24, 2.45) is 0 Å². The van der Waals surface area contributed by atoms with E-state index in [1.807, 2.05) is 0 Å². The first-order chi connectivity index (χ1) is 6.36. The summed E-state index contributed by atoms with van der Waals surface area (Å²) in [5.74, 6) is -0.288. The zero-order valence-electron chi connectivity index (χ0n) is 7.15. The van der Waals surface area contributed by atoms with Gasteiger partial charge < -0.3 is 10.5 Å². The maximum absolute atomic E-state index is 12.5. The van der Waals surface area contributed by atoms with E-state index in [2.05, 4.69) is 20.7 Å². The van der Waals surface area contributed by atoms with E-state index < -0.39 is 11.7 Å². The summed E-state index contributed by atoms with van der Waals surface area (Å²) in [5.41, 5.74) is 4.73. The molecule has 2 nitrogen and oxygen atoms in total. The van der Waals surface area contributed by atoms with Crippen molar-refractivity contribution < 1.29 is 17.9 Å². The van der Waals surface area contributed by atoms with E-state index in [0.29, 0.717) is 0 Å². The van der Waals surface area contributed by atoms with Gasteiger partial charge in [-0.1, -0.05) is 0 Å². The highest BCUT2D eigenvalue weighted by Gasteiger charge is 2.36. The van der Waals surface area contributed by atoms with Crippen molar-refractivity contribution in [1.29, 1.82) is 0 Å². The third kappa shape index (κ3) is 2.12. The standard InChI is InChI=1S/C8H7BrF3NO/c1-14-6-3-4(13)2-5(9)7(6)8(10,11)12/h2-3H,13H2,1H3. The fraction of sp³-hybridized carbons (Fsp3) is 0.250. The fourth-order valence-corrected chi connectivity index (χ4v) is 1.72. The molecule has 0 aliphatic carbocycles. The number of anilines is 1. The number of methoxy groups -OCH3 is 1. The first-order valence-electron chi connectivity index (χ1n) is 3.56. The van der Waals surface area contributed by atoms with Crippen molar-refractivity contribution in [1.82, 2.24) is 0 Å². The van der Waals surface area contributed by atoms with Crippen molar-refractivity contribution in [2.45, 2.75) is 6.18 Å². The van der Waals surface area contributed by atoms with Crippen molar-refractivity contribution in [3.05, 3.63) is 22.2 Å². The average molecular weight is 270 g/mol. The SMILES string of the molecule is COc1cc(N)cc(Br)c1C(F)(F)F. The number of rotatable bonds is 1. The van der Waals surface area contributed by atoms with Crippen LogP contribution in [0, 0.1) is 0 Å². The van der Waals surface area contributed by atoms with E-state index in [0.717, 1.165) is 13.2 Å². The molecule has 0 saturated carbocycles. The van der Waals surface area contributed by atoms with E-state index in [1.54, 1.807) is 0 Å². The van der Waals surface area contributed by atoms with Gasteiger partial charge >= 0.3 is 6.18 Å². The molecule has 1 aromatic carbocycles. The van der Waals surface area contributed by atoms with Crippen molar-refractivity contribution >= 4 is 21.6 Å². The average Bonchev–Trinajstić information content (AvgIpc) is 1.99. The van der Waals surface area contributed by atoms with Crippen LogP contribution in [0.5, 0.6) is 5.75 Å². The van der Waals surface area contributed by atoms with E-state index in [9.17, 15) is 13.2 Å². The molecule has 0 heterocycles. The summed E-state index contributed by atoms with van der Waals surface area (Å²) in [4.78, 5) is 0. The normalized spacial score (nSPS) is 11.5. The highest BCUT2D eigenvalue weighted by molar-refractivity contribution is 9.10. The van der Waals surface area contributed by atoms with Gasteiger partial charge in [-0.2, -0.15) is 13.2 Å². The molecule has 1 rings (SSSR count). The molecule has 0 unspecified atom stereocenters. The van der Waals surface area contributed by atoms with Gasteiger partial charge in [-0.3, -0.25) is 0 Å². The molecule has 0 radical (unpaired) electrons. The molecule has 14 heavy (non-hydrogen) atoms. The molecule has 0 amide bonds. The Morgan fingerprint density at radius 1 is 1.36 bits per heavy atom. The van der Waals surface area contributed by atoms with Gasteiger partial charge in [0.05, 0.1) is 7.11 Å². The second-order valence-electron chi connectivity index (χ2n) is 2.58. The zero-order chi connectivity index (χ0) is 10.9. The molecule has 0 atom stereocenters. The lowest BCUT2D eigenvalue weighted by Gasteiger charge is -2.14. The molecular weight excluding hydrogens is 263 g/mol. The van der Waals surface area contributed by atoms with Crippen molar-refractivity contribution in [3.8, 4) is 5.75 Å². The number of nitrogen functional groups attached to an aromatic ring is 1. The van der Waals surface area contributed by atoms with Crippen LogP contribution in [0.15, 0.2) is 16.6 Å². The monoisotopic (exact) mass is 269 g/mol. The molecule has 78 valence electrons. The molecule has 2 N–H and O–H groups in total. The molecule has 6 heteroatoms. The van der Waals surface area contributed by atoms with Crippen LogP contribution in [0.4, 0.5) is 18.9 Å². The molecule has 0 bridgehead atoms. The third-order valence-electron chi connectivity index (χ3n) is 1.58. The Balaban J connectivity index is 3.40. The summed E-state index contributed by atoms with van der Waals surface area (Å²) in [5, 5.41) is 0. The minimum absolute atomic E-state index is 0.123. The molecule has 0 aromatic heterocycles. The van der Waals surface area contributed by atoms with E-state index in [4.69, 9.17) is 5.73 Å². The van der Waals surface area contributed by atoms with Crippen LogP contribution >= 0.6 is 15.9 Å². The zero-order valence-corrected chi connectivity index (χ0v) is 8.74. The molecule has 0 aliphatic rings. The lowest BCUT2D eigenvalue weighted by Crippen LogP contribution is -2.09. The number of alkyl halides is 3.